The van der Waals surface area contributed by atoms with E-state index in [0.29, 0.717) is 11.8 Å². The van der Waals surface area contributed by atoms with Crippen molar-refractivity contribution in [1.82, 2.24) is 0 Å². The molecule has 4 N–H and O–H groups in total. The second kappa shape index (κ2) is 2.21. The number of amides is 1. The quantitative estimate of drug-likeness (QED) is 0.551. The lowest BCUT2D eigenvalue weighted by atomic mass is 9.84. The first kappa shape index (κ1) is 7.10. The molecule has 4 atom stereocenters. The molecule has 0 aromatic heterocycles. The summed E-state index contributed by atoms with van der Waals surface area (Å²) in [4.78, 5) is 10.9. The van der Waals surface area contributed by atoms with E-state index in [9.17, 15) is 4.79 Å². The molecule has 2 aliphatic rings. The molecular weight excluding hydrogens is 140 g/mol. The summed E-state index contributed by atoms with van der Waals surface area (Å²) >= 11 is 0. The van der Waals surface area contributed by atoms with Gasteiger partial charge in [-0.3, -0.25) is 4.79 Å². The largest absolute Gasteiger partial charge is 0.369 e. The maximum absolute atomic E-state index is 10.9. The number of carbonyl (C=O) groups is 1. The zero-order valence-electron chi connectivity index (χ0n) is 6.49. The van der Waals surface area contributed by atoms with Crippen molar-refractivity contribution in [2.45, 2.75) is 25.3 Å². The molecule has 1 amide bonds. The first-order valence-electron chi connectivity index (χ1n) is 4.25. The maximum Gasteiger partial charge on any atom is 0.222 e. The van der Waals surface area contributed by atoms with Crippen LogP contribution in [-0.2, 0) is 4.79 Å². The number of nitrogens with two attached hydrogens (primary N) is 2. The molecule has 0 heterocycles. The molecule has 11 heavy (non-hydrogen) atoms. The molecule has 62 valence electrons. The van der Waals surface area contributed by atoms with Crippen LogP contribution >= 0.6 is 0 Å². The summed E-state index contributed by atoms with van der Waals surface area (Å²) in [5, 5.41) is 0. The zero-order valence-corrected chi connectivity index (χ0v) is 6.49. The van der Waals surface area contributed by atoms with Crippen LogP contribution in [0, 0.1) is 17.8 Å². The van der Waals surface area contributed by atoms with Crippen molar-refractivity contribution in [3.05, 3.63) is 0 Å². The van der Waals surface area contributed by atoms with Gasteiger partial charge in [-0.2, -0.15) is 0 Å². The molecule has 2 fully saturated rings. The van der Waals surface area contributed by atoms with Gasteiger partial charge in [0.05, 0.1) is 5.92 Å². The SMILES string of the molecule is NC(=O)[C@H]1[C@H]2CC[C@H](C2)[C@H]1N. The van der Waals surface area contributed by atoms with Crippen LogP contribution in [0.1, 0.15) is 19.3 Å². The van der Waals surface area contributed by atoms with Crippen molar-refractivity contribution in [1.29, 1.82) is 0 Å². The fraction of sp³-hybridized carbons (Fsp3) is 0.875. The number of hydrogen-bond donors (Lipinski definition) is 2. The Kier molecular flexibility index (Phi) is 1.42. The third-order valence-corrected chi connectivity index (χ3v) is 3.31. The minimum Gasteiger partial charge on any atom is -0.369 e. The fourth-order valence-electron chi connectivity index (χ4n) is 2.76. The maximum atomic E-state index is 10.9. The summed E-state index contributed by atoms with van der Waals surface area (Å²) < 4.78 is 0. The highest BCUT2D eigenvalue weighted by atomic mass is 16.1. The summed E-state index contributed by atoms with van der Waals surface area (Å²) in [6.45, 7) is 0. The van der Waals surface area contributed by atoms with Gasteiger partial charge in [0.1, 0.15) is 0 Å². The Morgan fingerprint density at radius 3 is 2.27 bits per heavy atom. The van der Waals surface area contributed by atoms with Gasteiger partial charge in [-0.25, -0.2) is 0 Å². The van der Waals surface area contributed by atoms with Crippen LogP contribution in [0.5, 0.6) is 0 Å². The van der Waals surface area contributed by atoms with E-state index in [1.807, 2.05) is 0 Å². The summed E-state index contributed by atoms with van der Waals surface area (Å²) in [6.07, 6.45) is 3.50. The number of hydrogen-bond acceptors (Lipinski definition) is 2. The Bertz CT molecular complexity index is 191. The predicted molar refractivity (Wildman–Crippen MR) is 41.5 cm³/mol. The molecule has 3 heteroatoms. The fourth-order valence-corrected chi connectivity index (χ4v) is 2.76. The second-order valence-corrected chi connectivity index (χ2v) is 3.84. The molecule has 2 saturated carbocycles. The van der Waals surface area contributed by atoms with E-state index in [-0.39, 0.29) is 17.9 Å². The molecule has 3 nitrogen and oxygen atoms in total. The summed E-state index contributed by atoms with van der Waals surface area (Å²) in [7, 11) is 0. The third kappa shape index (κ3) is 0.872. The summed E-state index contributed by atoms with van der Waals surface area (Å²) in [6, 6.07) is 0.0613. The average Bonchev–Trinajstić information content (AvgIpc) is 2.44. The van der Waals surface area contributed by atoms with E-state index in [1.165, 1.54) is 6.42 Å². The second-order valence-electron chi connectivity index (χ2n) is 3.84. The number of fused-ring (bicyclic) bond motifs is 2. The normalized spacial score (nSPS) is 48.1. The molecule has 0 aromatic carbocycles. The van der Waals surface area contributed by atoms with Gasteiger partial charge in [-0.05, 0) is 31.1 Å². The van der Waals surface area contributed by atoms with Crippen molar-refractivity contribution in [3.63, 3.8) is 0 Å². The minimum atomic E-state index is -0.190. The van der Waals surface area contributed by atoms with E-state index in [0.717, 1.165) is 12.8 Å². The molecule has 2 bridgehead atoms. The van der Waals surface area contributed by atoms with E-state index >= 15 is 0 Å². The minimum absolute atomic E-state index is 0.0197. The topological polar surface area (TPSA) is 69.1 Å². The standard InChI is InChI=1S/C8H14N2O/c9-7-5-2-1-4(3-5)6(7)8(10)11/h4-7H,1-3,9H2,(H2,10,11)/t4-,5+,6-,7+/m0/s1. The van der Waals surface area contributed by atoms with Crippen LogP contribution in [0.2, 0.25) is 0 Å². The Balaban J connectivity index is 2.17. The smallest absolute Gasteiger partial charge is 0.222 e. The van der Waals surface area contributed by atoms with Crippen molar-refractivity contribution >= 4 is 5.91 Å². The average molecular weight is 154 g/mol. The lowest BCUT2D eigenvalue weighted by Crippen LogP contribution is -2.43. The number of rotatable bonds is 1. The van der Waals surface area contributed by atoms with E-state index < -0.39 is 0 Å². The zero-order chi connectivity index (χ0) is 8.01. The molecule has 0 unspecified atom stereocenters. The van der Waals surface area contributed by atoms with Gasteiger partial charge in [0.25, 0.3) is 0 Å². The highest BCUT2D eigenvalue weighted by Crippen LogP contribution is 2.47. The Morgan fingerprint density at radius 1 is 1.27 bits per heavy atom. The van der Waals surface area contributed by atoms with Gasteiger partial charge in [0.2, 0.25) is 5.91 Å². The van der Waals surface area contributed by atoms with Gasteiger partial charge >= 0.3 is 0 Å². The van der Waals surface area contributed by atoms with E-state index in [4.69, 9.17) is 11.5 Å². The Labute approximate surface area is 66.1 Å². The third-order valence-electron chi connectivity index (χ3n) is 3.31. The van der Waals surface area contributed by atoms with E-state index in [1.54, 1.807) is 0 Å². The molecule has 0 aromatic rings. The van der Waals surface area contributed by atoms with Crippen LogP contribution in [0.3, 0.4) is 0 Å². The van der Waals surface area contributed by atoms with E-state index in [2.05, 4.69) is 0 Å². The van der Waals surface area contributed by atoms with Gasteiger partial charge < -0.3 is 11.5 Å². The van der Waals surface area contributed by atoms with Crippen LogP contribution in [0.4, 0.5) is 0 Å². The van der Waals surface area contributed by atoms with Crippen molar-refractivity contribution < 1.29 is 4.79 Å². The van der Waals surface area contributed by atoms with Gasteiger partial charge in [-0.1, -0.05) is 0 Å². The molecule has 0 spiro atoms. The first-order valence-corrected chi connectivity index (χ1v) is 4.25. The first-order chi connectivity index (χ1) is 5.20. The van der Waals surface area contributed by atoms with Crippen molar-refractivity contribution in [3.8, 4) is 0 Å². The number of primary amides is 1. The molecule has 0 saturated heterocycles. The Hall–Kier alpha value is -0.570. The summed E-state index contributed by atoms with van der Waals surface area (Å²) in [5.74, 6) is 0.878. The lowest BCUT2D eigenvalue weighted by Gasteiger charge is -2.24. The molecular formula is C8H14N2O. The summed E-state index contributed by atoms with van der Waals surface area (Å²) in [5.41, 5.74) is 11.1. The van der Waals surface area contributed by atoms with Gasteiger partial charge in [0, 0.05) is 6.04 Å². The monoisotopic (exact) mass is 154 g/mol. The Morgan fingerprint density at radius 2 is 1.91 bits per heavy atom. The van der Waals surface area contributed by atoms with Crippen molar-refractivity contribution in [2.75, 3.05) is 0 Å². The highest BCUT2D eigenvalue weighted by molar-refractivity contribution is 5.78. The van der Waals surface area contributed by atoms with Gasteiger partial charge in [0.15, 0.2) is 0 Å². The number of carbonyl (C=O) groups excluding carboxylic acids is 1. The highest BCUT2D eigenvalue weighted by Gasteiger charge is 2.48. The molecule has 0 radical (unpaired) electrons. The van der Waals surface area contributed by atoms with Crippen LogP contribution in [0.25, 0.3) is 0 Å². The van der Waals surface area contributed by atoms with Gasteiger partial charge in [-0.15, -0.1) is 0 Å². The van der Waals surface area contributed by atoms with Crippen LogP contribution in [-0.4, -0.2) is 11.9 Å². The molecule has 0 aliphatic heterocycles. The van der Waals surface area contributed by atoms with Crippen LogP contribution < -0.4 is 11.5 Å². The lowest BCUT2D eigenvalue weighted by molar-refractivity contribution is -0.123. The van der Waals surface area contributed by atoms with Crippen LogP contribution in [0.15, 0.2) is 0 Å². The molecule has 2 rings (SSSR count). The molecule has 2 aliphatic carbocycles. The van der Waals surface area contributed by atoms with Crippen molar-refractivity contribution in [2.24, 2.45) is 29.2 Å². The predicted octanol–water partition coefficient (Wildman–Crippen LogP) is -0.155.